The smallest absolute Gasteiger partial charge is 0.371 e. The second-order valence-electron chi connectivity index (χ2n) is 9.91. The van der Waals surface area contributed by atoms with Gasteiger partial charge < -0.3 is 14.7 Å². The maximum absolute atomic E-state index is 13.5. The SMILES string of the molecule is CN(C)C(=O)C1CN(C(=O)Cc2ccccc2)CC12CCN(c1ccc(C#N)c(C(F)(F)F)c1)CC2. The molecule has 1 unspecified atom stereocenters. The predicted octanol–water partition coefficient (Wildman–Crippen LogP) is 3.95. The minimum absolute atomic E-state index is 0.0287. The molecule has 2 aromatic carbocycles. The molecule has 0 N–H and O–H groups in total. The van der Waals surface area contributed by atoms with Crippen LogP contribution in [0.5, 0.6) is 0 Å². The van der Waals surface area contributed by atoms with Crippen molar-refractivity contribution in [1.82, 2.24) is 9.80 Å². The van der Waals surface area contributed by atoms with Crippen molar-refractivity contribution in [2.75, 3.05) is 45.2 Å². The van der Waals surface area contributed by atoms with Crippen LogP contribution in [-0.4, -0.2) is 61.9 Å². The van der Waals surface area contributed by atoms with E-state index in [1.165, 1.54) is 6.07 Å². The van der Waals surface area contributed by atoms with Gasteiger partial charge in [0.15, 0.2) is 0 Å². The van der Waals surface area contributed by atoms with E-state index in [1.54, 1.807) is 36.0 Å². The van der Waals surface area contributed by atoms with Crippen molar-refractivity contribution < 1.29 is 22.8 Å². The Bertz CT molecular complexity index is 1170. The highest BCUT2D eigenvalue weighted by molar-refractivity contribution is 5.84. The van der Waals surface area contributed by atoms with Gasteiger partial charge in [0, 0.05) is 51.4 Å². The third kappa shape index (κ3) is 5.03. The fraction of sp³-hybridized carbons (Fsp3) is 0.444. The van der Waals surface area contributed by atoms with Gasteiger partial charge in [-0.25, -0.2) is 0 Å². The molecular formula is C27H29F3N4O2. The number of carbonyl (C=O) groups is 2. The van der Waals surface area contributed by atoms with Gasteiger partial charge in [-0.05, 0) is 36.6 Å². The zero-order chi connectivity index (χ0) is 26.1. The van der Waals surface area contributed by atoms with Crippen molar-refractivity contribution in [3.8, 4) is 6.07 Å². The third-order valence-corrected chi connectivity index (χ3v) is 7.49. The van der Waals surface area contributed by atoms with E-state index in [9.17, 15) is 22.8 Å². The lowest BCUT2D eigenvalue weighted by molar-refractivity contribution is -0.138. The van der Waals surface area contributed by atoms with Crippen LogP contribution in [0.4, 0.5) is 18.9 Å². The highest BCUT2D eigenvalue weighted by Crippen LogP contribution is 2.46. The summed E-state index contributed by atoms with van der Waals surface area (Å²) in [6, 6.07) is 14.9. The van der Waals surface area contributed by atoms with Crippen LogP contribution >= 0.6 is 0 Å². The van der Waals surface area contributed by atoms with Crippen LogP contribution in [0.3, 0.4) is 0 Å². The molecule has 2 aliphatic heterocycles. The summed E-state index contributed by atoms with van der Waals surface area (Å²) in [5.74, 6) is -0.420. The average Bonchev–Trinajstić information content (AvgIpc) is 3.22. The Morgan fingerprint density at radius 3 is 2.36 bits per heavy atom. The number of halogens is 3. The molecular weight excluding hydrogens is 469 g/mol. The summed E-state index contributed by atoms with van der Waals surface area (Å²) in [5.41, 5.74) is -0.456. The Labute approximate surface area is 208 Å². The van der Waals surface area contributed by atoms with Crippen molar-refractivity contribution in [2.24, 2.45) is 11.3 Å². The molecule has 2 saturated heterocycles. The molecule has 1 atom stereocenters. The number of rotatable bonds is 4. The van der Waals surface area contributed by atoms with Crippen LogP contribution < -0.4 is 4.90 Å². The topological polar surface area (TPSA) is 67.7 Å². The molecule has 1 spiro atoms. The molecule has 2 aliphatic rings. The Morgan fingerprint density at radius 2 is 1.78 bits per heavy atom. The quantitative estimate of drug-likeness (QED) is 0.640. The predicted molar refractivity (Wildman–Crippen MR) is 129 cm³/mol. The number of nitrogens with zero attached hydrogens (tertiary/aromatic N) is 4. The van der Waals surface area contributed by atoms with E-state index in [0.29, 0.717) is 44.7 Å². The molecule has 2 aromatic rings. The lowest BCUT2D eigenvalue weighted by Gasteiger charge is -2.43. The largest absolute Gasteiger partial charge is 0.417 e. The van der Waals surface area contributed by atoms with E-state index in [0.717, 1.165) is 11.6 Å². The van der Waals surface area contributed by atoms with Crippen molar-refractivity contribution in [2.45, 2.75) is 25.4 Å². The maximum atomic E-state index is 13.5. The summed E-state index contributed by atoms with van der Waals surface area (Å²) >= 11 is 0. The molecule has 2 heterocycles. The van der Waals surface area contributed by atoms with Crippen LogP contribution in [0.2, 0.25) is 0 Å². The van der Waals surface area contributed by atoms with Crippen molar-refractivity contribution in [3.63, 3.8) is 0 Å². The highest BCUT2D eigenvalue weighted by Gasteiger charge is 2.52. The van der Waals surface area contributed by atoms with Gasteiger partial charge in [0.1, 0.15) is 0 Å². The number of hydrogen-bond donors (Lipinski definition) is 0. The first kappa shape index (κ1) is 25.5. The molecule has 0 aromatic heterocycles. The standard InChI is InChI=1S/C27H29F3N4O2/c1-32(2)25(36)23-17-34(24(35)14-19-6-4-3-5-7-19)18-26(23)10-12-33(13-11-26)21-9-8-20(16-31)22(15-21)27(28,29)30/h3-9,15,23H,10-14,17-18H2,1-2H3. The summed E-state index contributed by atoms with van der Waals surface area (Å²) in [4.78, 5) is 31.5. The number of nitriles is 1. The fourth-order valence-electron chi connectivity index (χ4n) is 5.47. The number of anilines is 1. The molecule has 2 amide bonds. The van der Waals surface area contributed by atoms with Crippen LogP contribution in [0.1, 0.15) is 29.5 Å². The number of amides is 2. The normalized spacial score (nSPS) is 19.3. The van der Waals surface area contributed by atoms with Crippen LogP contribution in [0.15, 0.2) is 48.5 Å². The number of carbonyl (C=O) groups excluding carboxylic acids is 2. The third-order valence-electron chi connectivity index (χ3n) is 7.49. The van der Waals surface area contributed by atoms with Gasteiger partial charge in [0.2, 0.25) is 11.8 Å². The number of benzene rings is 2. The second kappa shape index (κ2) is 9.84. The molecule has 190 valence electrons. The number of piperidine rings is 1. The van der Waals surface area contributed by atoms with Crippen molar-refractivity contribution in [1.29, 1.82) is 5.26 Å². The minimum atomic E-state index is -4.62. The molecule has 0 aliphatic carbocycles. The van der Waals surface area contributed by atoms with E-state index in [4.69, 9.17) is 5.26 Å². The van der Waals surface area contributed by atoms with Crippen LogP contribution in [-0.2, 0) is 22.2 Å². The Morgan fingerprint density at radius 1 is 1.11 bits per heavy atom. The molecule has 0 radical (unpaired) electrons. The number of likely N-dealkylation sites (tertiary alicyclic amines) is 1. The highest BCUT2D eigenvalue weighted by atomic mass is 19.4. The molecule has 4 rings (SSSR count). The monoisotopic (exact) mass is 498 g/mol. The van der Waals surface area contributed by atoms with Gasteiger partial charge in [0.25, 0.3) is 0 Å². The molecule has 2 fully saturated rings. The first-order valence-corrected chi connectivity index (χ1v) is 11.9. The Hall–Kier alpha value is -3.54. The summed E-state index contributed by atoms with van der Waals surface area (Å²) in [5, 5.41) is 9.08. The zero-order valence-electron chi connectivity index (χ0n) is 20.4. The van der Waals surface area contributed by atoms with Gasteiger partial charge >= 0.3 is 6.18 Å². The van der Waals surface area contributed by atoms with E-state index in [-0.39, 0.29) is 24.2 Å². The molecule has 9 heteroatoms. The summed E-state index contributed by atoms with van der Waals surface area (Å²) < 4.78 is 40.4. The van der Waals surface area contributed by atoms with Gasteiger partial charge in [-0.1, -0.05) is 30.3 Å². The van der Waals surface area contributed by atoms with E-state index < -0.39 is 22.7 Å². The van der Waals surface area contributed by atoms with Gasteiger partial charge in [-0.15, -0.1) is 0 Å². The average molecular weight is 499 g/mol. The van der Waals surface area contributed by atoms with Crippen molar-refractivity contribution in [3.05, 3.63) is 65.2 Å². The molecule has 0 saturated carbocycles. The van der Waals surface area contributed by atoms with E-state index in [1.807, 2.05) is 35.2 Å². The van der Waals surface area contributed by atoms with Crippen LogP contribution in [0, 0.1) is 22.7 Å². The summed E-state index contributed by atoms with van der Waals surface area (Å²) in [7, 11) is 3.41. The van der Waals surface area contributed by atoms with Gasteiger partial charge in [-0.3, -0.25) is 9.59 Å². The zero-order valence-corrected chi connectivity index (χ0v) is 20.4. The first-order chi connectivity index (χ1) is 17.0. The van der Waals surface area contributed by atoms with Gasteiger partial charge in [0.05, 0.1) is 29.5 Å². The Balaban J connectivity index is 1.53. The summed E-state index contributed by atoms with van der Waals surface area (Å²) in [6.07, 6.45) is -3.20. The Kier molecular flexibility index (Phi) is 6.98. The van der Waals surface area contributed by atoms with Crippen LogP contribution in [0.25, 0.3) is 0 Å². The molecule has 6 nitrogen and oxygen atoms in total. The fourth-order valence-corrected chi connectivity index (χ4v) is 5.47. The first-order valence-electron chi connectivity index (χ1n) is 11.9. The minimum Gasteiger partial charge on any atom is -0.371 e. The maximum Gasteiger partial charge on any atom is 0.417 e. The van der Waals surface area contributed by atoms with E-state index >= 15 is 0 Å². The van der Waals surface area contributed by atoms with E-state index in [2.05, 4.69) is 0 Å². The summed E-state index contributed by atoms with van der Waals surface area (Å²) in [6.45, 7) is 1.72. The van der Waals surface area contributed by atoms with Crippen molar-refractivity contribution >= 4 is 17.5 Å². The lowest BCUT2D eigenvalue weighted by atomic mass is 9.70. The second-order valence-corrected chi connectivity index (χ2v) is 9.91. The number of alkyl halides is 3. The molecule has 0 bridgehead atoms. The lowest BCUT2D eigenvalue weighted by Crippen LogP contribution is -2.48. The van der Waals surface area contributed by atoms with Gasteiger partial charge in [-0.2, -0.15) is 18.4 Å². The molecule has 36 heavy (non-hydrogen) atoms. The number of hydrogen-bond acceptors (Lipinski definition) is 4.